The van der Waals surface area contributed by atoms with E-state index in [1.807, 2.05) is 30.3 Å². The van der Waals surface area contributed by atoms with E-state index in [4.69, 9.17) is 27.6 Å². The monoisotopic (exact) mass is 508 g/mol. The summed E-state index contributed by atoms with van der Waals surface area (Å²) in [4.78, 5) is 12.3. The molecule has 0 aliphatic heterocycles. The molecule has 0 radical (unpaired) electrons. The van der Waals surface area contributed by atoms with Crippen LogP contribution in [0.2, 0.25) is 10.0 Å². The minimum Gasteiger partial charge on any atom is -0.457 e. The lowest BCUT2D eigenvalue weighted by Gasteiger charge is -2.05. The number of halogens is 3. The Morgan fingerprint density at radius 3 is 2.48 bits per heavy atom. The van der Waals surface area contributed by atoms with Crippen molar-refractivity contribution in [1.82, 2.24) is 0 Å². The van der Waals surface area contributed by atoms with Crippen LogP contribution in [0.3, 0.4) is 0 Å². The van der Waals surface area contributed by atoms with Crippen molar-refractivity contribution in [3.05, 3.63) is 79.5 Å². The molecular weight excluding hydrogens is 498 g/mol. The summed E-state index contributed by atoms with van der Waals surface area (Å²) in [6.07, 6.45) is 1.39. The second-order valence-corrected chi connectivity index (χ2v) is 7.52. The van der Waals surface area contributed by atoms with Crippen LogP contribution in [-0.2, 0) is 4.79 Å². The number of benzene rings is 2. The molecule has 3 aromatic rings. The van der Waals surface area contributed by atoms with Gasteiger partial charge in [0.05, 0.1) is 10.0 Å². The predicted molar refractivity (Wildman–Crippen MR) is 116 cm³/mol. The molecule has 1 amide bonds. The van der Waals surface area contributed by atoms with Crippen molar-refractivity contribution >= 4 is 63.5 Å². The Bertz CT molecular complexity index is 1070. The van der Waals surface area contributed by atoms with Crippen molar-refractivity contribution in [2.75, 3.05) is 5.32 Å². The highest BCUT2D eigenvalue weighted by molar-refractivity contribution is 14.1. The second kappa shape index (κ2) is 8.61. The molecule has 1 N–H and O–H groups in total. The van der Waals surface area contributed by atoms with E-state index < -0.39 is 5.91 Å². The van der Waals surface area contributed by atoms with Gasteiger partial charge in [0.25, 0.3) is 5.91 Å². The number of amides is 1. The fourth-order valence-electron chi connectivity index (χ4n) is 2.26. The van der Waals surface area contributed by atoms with E-state index in [-0.39, 0.29) is 5.57 Å². The van der Waals surface area contributed by atoms with Gasteiger partial charge in [-0.1, -0.05) is 35.3 Å². The third-order valence-electron chi connectivity index (χ3n) is 3.58. The Labute approximate surface area is 179 Å². The summed E-state index contributed by atoms with van der Waals surface area (Å²) in [5, 5.41) is 12.6. The van der Waals surface area contributed by atoms with Crippen LogP contribution in [0.25, 0.3) is 17.4 Å². The van der Waals surface area contributed by atoms with E-state index in [0.29, 0.717) is 27.3 Å². The van der Waals surface area contributed by atoms with Crippen molar-refractivity contribution < 1.29 is 9.21 Å². The third-order valence-corrected chi connectivity index (χ3v) is 5.04. The van der Waals surface area contributed by atoms with Crippen molar-refractivity contribution in [2.24, 2.45) is 0 Å². The van der Waals surface area contributed by atoms with Gasteiger partial charge >= 0.3 is 0 Å². The summed E-state index contributed by atoms with van der Waals surface area (Å²) in [5.74, 6) is 0.493. The van der Waals surface area contributed by atoms with E-state index in [1.54, 1.807) is 24.3 Å². The average Bonchev–Trinajstić information content (AvgIpc) is 3.12. The topological polar surface area (TPSA) is 66.0 Å². The molecular formula is C20H11Cl2IN2O2. The highest BCUT2D eigenvalue weighted by Gasteiger charge is 2.12. The van der Waals surface area contributed by atoms with Gasteiger partial charge in [0.1, 0.15) is 23.2 Å². The number of furan rings is 1. The number of carbonyl (C=O) groups excluding carboxylic acids is 1. The van der Waals surface area contributed by atoms with Crippen LogP contribution in [0.5, 0.6) is 0 Å². The maximum absolute atomic E-state index is 12.3. The summed E-state index contributed by atoms with van der Waals surface area (Å²) in [6.45, 7) is 0. The Morgan fingerprint density at radius 1 is 1.07 bits per heavy atom. The molecule has 1 aromatic heterocycles. The Morgan fingerprint density at radius 2 is 1.81 bits per heavy atom. The van der Waals surface area contributed by atoms with Gasteiger partial charge in [-0.2, -0.15) is 5.26 Å². The zero-order chi connectivity index (χ0) is 19.4. The molecule has 0 unspecified atom stereocenters. The summed E-state index contributed by atoms with van der Waals surface area (Å²) >= 11 is 14.0. The van der Waals surface area contributed by atoms with Gasteiger partial charge < -0.3 is 9.73 Å². The Balaban J connectivity index is 1.79. The maximum atomic E-state index is 12.3. The number of hydrogen-bond donors (Lipinski definition) is 1. The number of anilines is 1. The SMILES string of the molecule is N#C/C(=C\c1ccc(-c2ccc(I)cc2)o1)C(=O)Nc1ccc(Cl)c(Cl)c1. The first-order chi connectivity index (χ1) is 13.0. The maximum Gasteiger partial charge on any atom is 0.266 e. The number of nitrogens with one attached hydrogen (secondary N) is 1. The molecule has 27 heavy (non-hydrogen) atoms. The molecule has 3 rings (SSSR count). The number of nitriles is 1. The average molecular weight is 509 g/mol. The summed E-state index contributed by atoms with van der Waals surface area (Å²) in [7, 11) is 0. The van der Waals surface area contributed by atoms with E-state index >= 15 is 0 Å². The largest absolute Gasteiger partial charge is 0.457 e. The summed E-state index contributed by atoms with van der Waals surface area (Å²) < 4.78 is 6.85. The molecule has 0 atom stereocenters. The molecule has 4 nitrogen and oxygen atoms in total. The van der Waals surface area contributed by atoms with Crippen LogP contribution in [0.1, 0.15) is 5.76 Å². The van der Waals surface area contributed by atoms with Crippen LogP contribution < -0.4 is 5.32 Å². The normalized spacial score (nSPS) is 11.1. The molecule has 0 fully saturated rings. The number of rotatable bonds is 4. The van der Waals surface area contributed by atoms with Crippen molar-refractivity contribution in [1.29, 1.82) is 5.26 Å². The number of hydrogen-bond acceptors (Lipinski definition) is 3. The lowest BCUT2D eigenvalue weighted by atomic mass is 10.2. The van der Waals surface area contributed by atoms with Gasteiger partial charge in [0.15, 0.2) is 0 Å². The first-order valence-corrected chi connectivity index (χ1v) is 9.54. The molecule has 0 saturated carbocycles. The molecule has 0 aliphatic carbocycles. The van der Waals surface area contributed by atoms with Gasteiger partial charge in [-0.05, 0) is 65.1 Å². The molecule has 1 heterocycles. The molecule has 134 valence electrons. The number of nitrogens with zero attached hydrogens (tertiary/aromatic N) is 1. The quantitative estimate of drug-likeness (QED) is 0.252. The minimum absolute atomic E-state index is 0.0930. The van der Waals surface area contributed by atoms with E-state index in [9.17, 15) is 10.1 Å². The fourth-order valence-corrected chi connectivity index (χ4v) is 2.92. The standard InChI is InChI=1S/C20H11Cl2IN2O2/c21-17-7-5-15(10-18(17)22)25-20(26)13(11-24)9-16-6-8-19(27-16)12-1-3-14(23)4-2-12/h1-10H,(H,25,26)/b13-9+. The lowest BCUT2D eigenvalue weighted by molar-refractivity contribution is -0.112. The van der Waals surface area contributed by atoms with Gasteiger partial charge in [-0.3, -0.25) is 4.79 Å². The van der Waals surface area contributed by atoms with Crippen molar-refractivity contribution in [3.8, 4) is 17.4 Å². The zero-order valence-electron chi connectivity index (χ0n) is 13.7. The Hall–Kier alpha value is -2.27. The third kappa shape index (κ3) is 4.92. The lowest BCUT2D eigenvalue weighted by Crippen LogP contribution is -2.13. The smallest absolute Gasteiger partial charge is 0.266 e. The van der Waals surface area contributed by atoms with E-state index in [1.165, 1.54) is 12.1 Å². The molecule has 0 aliphatic rings. The molecule has 0 spiro atoms. The number of carbonyl (C=O) groups is 1. The highest BCUT2D eigenvalue weighted by atomic mass is 127. The van der Waals surface area contributed by atoms with Crippen LogP contribution in [0.15, 0.2) is 64.6 Å². The molecule has 0 bridgehead atoms. The summed E-state index contributed by atoms with van der Waals surface area (Å²) in [5.41, 5.74) is 1.26. The minimum atomic E-state index is -0.567. The molecule has 0 saturated heterocycles. The fraction of sp³-hybridized carbons (Fsp3) is 0. The molecule has 2 aromatic carbocycles. The van der Waals surface area contributed by atoms with Crippen LogP contribution >= 0.6 is 45.8 Å². The van der Waals surface area contributed by atoms with Crippen LogP contribution in [0.4, 0.5) is 5.69 Å². The van der Waals surface area contributed by atoms with E-state index in [2.05, 4.69) is 27.9 Å². The summed E-state index contributed by atoms with van der Waals surface area (Å²) in [6, 6.07) is 17.9. The van der Waals surface area contributed by atoms with Gasteiger partial charge in [-0.15, -0.1) is 0 Å². The van der Waals surface area contributed by atoms with Crippen molar-refractivity contribution in [2.45, 2.75) is 0 Å². The van der Waals surface area contributed by atoms with Gasteiger partial charge in [-0.25, -0.2) is 0 Å². The van der Waals surface area contributed by atoms with Crippen LogP contribution in [-0.4, -0.2) is 5.91 Å². The highest BCUT2D eigenvalue weighted by Crippen LogP contribution is 2.26. The Kier molecular flexibility index (Phi) is 6.22. The molecule has 7 heteroatoms. The van der Waals surface area contributed by atoms with E-state index in [0.717, 1.165) is 9.13 Å². The first kappa shape index (κ1) is 19.5. The van der Waals surface area contributed by atoms with Gasteiger partial charge in [0, 0.05) is 20.9 Å². The van der Waals surface area contributed by atoms with Crippen molar-refractivity contribution in [3.63, 3.8) is 0 Å². The second-order valence-electron chi connectivity index (χ2n) is 5.46. The zero-order valence-corrected chi connectivity index (χ0v) is 17.3. The predicted octanol–water partition coefficient (Wildman–Crippen LogP) is 6.40. The van der Waals surface area contributed by atoms with Gasteiger partial charge in [0.2, 0.25) is 0 Å². The first-order valence-electron chi connectivity index (χ1n) is 7.70. The van der Waals surface area contributed by atoms with Crippen LogP contribution in [0, 0.1) is 14.9 Å².